The molecule has 1 unspecified atom stereocenters. The van der Waals surface area contributed by atoms with Crippen LogP contribution in [0.25, 0.3) is 0 Å². The minimum atomic E-state index is -0.797. The van der Waals surface area contributed by atoms with E-state index < -0.39 is 6.10 Å². The van der Waals surface area contributed by atoms with Crippen LogP contribution < -0.4 is 0 Å². The van der Waals surface area contributed by atoms with Gasteiger partial charge in [0.15, 0.2) is 6.10 Å². The Morgan fingerprint density at radius 1 is 0.280 bits per heavy atom. The van der Waals surface area contributed by atoms with E-state index in [-0.39, 0.29) is 31.1 Å². The molecule has 0 radical (unpaired) electrons. The van der Waals surface area contributed by atoms with Gasteiger partial charge in [-0.25, -0.2) is 0 Å². The first kappa shape index (κ1) is 70.5. The van der Waals surface area contributed by atoms with Crippen LogP contribution >= 0.6 is 0 Å². The second kappa shape index (κ2) is 62.1. The van der Waals surface area contributed by atoms with Crippen LogP contribution in [-0.4, -0.2) is 37.2 Å². The van der Waals surface area contributed by atoms with Crippen LogP contribution in [0.3, 0.4) is 0 Å². The van der Waals surface area contributed by atoms with Gasteiger partial charge in [-0.2, -0.15) is 0 Å². The zero-order valence-corrected chi connectivity index (χ0v) is 48.5. The summed E-state index contributed by atoms with van der Waals surface area (Å²) in [6.07, 6.45) is 87.4. The van der Waals surface area contributed by atoms with Crippen molar-refractivity contribution in [3.05, 3.63) is 134 Å². The molecule has 0 aliphatic rings. The first-order valence-corrected chi connectivity index (χ1v) is 30.7. The van der Waals surface area contributed by atoms with E-state index in [1.165, 1.54) is 77.0 Å². The largest absolute Gasteiger partial charge is 0.462 e. The van der Waals surface area contributed by atoms with E-state index in [2.05, 4.69) is 154 Å². The van der Waals surface area contributed by atoms with E-state index in [0.717, 1.165) is 148 Å². The molecule has 0 heterocycles. The fourth-order valence-electron chi connectivity index (χ4n) is 8.12. The van der Waals surface area contributed by atoms with Gasteiger partial charge < -0.3 is 14.2 Å². The van der Waals surface area contributed by atoms with Crippen molar-refractivity contribution in [3.63, 3.8) is 0 Å². The number of hydrogen-bond donors (Lipinski definition) is 0. The smallest absolute Gasteiger partial charge is 0.306 e. The minimum Gasteiger partial charge on any atom is -0.462 e. The maximum Gasteiger partial charge on any atom is 0.306 e. The van der Waals surface area contributed by atoms with Crippen molar-refractivity contribution in [1.82, 2.24) is 0 Å². The summed E-state index contributed by atoms with van der Waals surface area (Å²) in [4.78, 5) is 38.2. The molecule has 0 saturated carbocycles. The Kier molecular flexibility index (Phi) is 58.4. The van der Waals surface area contributed by atoms with Crippen molar-refractivity contribution >= 4 is 17.9 Å². The predicted octanol–water partition coefficient (Wildman–Crippen LogP) is 21.0. The van der Waals surface area contributed by atoms with E-state index in [9.17, 15) is 14.4 Å². The van der Waals surface area contributed by atoms with Crippen molar-refractivity contribution < 1.29 is 28.6 Å². The molecule has 0 N–H and O–H groups in total. The monoisotopic (exact) mass is 1040 g/mol. The molecular weight excluding hydrogens is 925 g/mol. The van der Waals surface area contributed by atoms with Gasteiger partial charge >= 0.3 is 17.9 Å². The van der Waals surface area contributed by atoms with Gasteiger partial charge in [0, 0.05) is 19.3 Å². The normalized spacial score (nSPS) is 13.1. The quantitative estimate of drug-likeness (QED) is 0.0261. The highest BCUT2D eigenvalue weighted by Crippen LogP contribution is 2.15. The molecule has 0 amide bonds. The Bertz CT molecular complexity index is 1620. The van der Waals surface area contributed by atoms with Gasteiger partial charge in [0.2, 0.25) is 0 Å². The number of ether oxygens (including phenoxy) is 3. The Morgan fingerprint density at radius 3 is 0.813 bits per heavy atom. The lowest BCUT2D eigenvalue weighted by atomic mass is 10.1. The van der Waals surface area contributed by atoms with Crippen LogP contribution in [0, 0.1) is 0 Å². The molecule has 0 fully saturated rings. The van der Waals surface area contributed by atoms with Gasteiger partial charge in [-0.3, -0.25) is 14.4 Å². The van der Waals surface area contributed by atoms with Crippen molar-refractivity contribution in [1.29, 1.82) is 0 Å². The van der Waals surface area contributed by atoms with Crippen LogP contribution in [0.1, 0.15) is 265 Å². The fraction of sp³-hybridized carbons (Fsp3) is 0.638. The Labute approximate surface area is 462 Å². The van der Waals surface area contributed by atoms with Crippen LogP contribution in [0.4, 0.5) is 0 Å². The van der Waals surface area contributed by atoms with Crippen LogP contribution in [0.2, 0.25) is 0 Å². The summed E-state index contributed by atoms with van der Waals surface area (Å²) in [5.74, 6) is -0.927. The molecule has 0 bridgehead atoms. The molecule has 0 spiro atoms. The van der Waals surface area contributed by atoms with E-state index in [1.807, 2.05) is 0 Å². The molecule has 1 atom stereocenters. The zero-order chi connectivity index (χ0) is 54.3. The Hall–Kier alpha value is -4.45. The Morgan fingerprint density at radius 2 is 0.520 bits per heavy atom. The predicted molar refractivity (Wildman–Crippen MR) is 325 cm³/mol. The van der Waals surface area contributed by atoms with Crippen LogP contribution in [0.15, 0.2) is 134 Å². The molecular formula is C69H112O6. The third kappa shape index (κ3) is 60.3. The molecule has 6 heteroatoms. The summed E-state index contributed by atoms with van der Waals surface area (Å²) >= 11 is 0. The SMILES string of the molecule is CC/C=C\C/C=C\C/C=C\C/C=C\C/C=C\C/C=C\CCCCCCC(=O)OC(COC(=O)CCCCCCCCCCC)COC(=O)CCCCCCCCCCC/C=C\C/C=C\C/C=C\C/C=C\C/C=C\CC. The average Bonchev–Trinajstić information content (AvgIpc) is 3.41. The van der Waals surface area contributed by atoms with Crippen molar-refractivity contribution in [2.24, 2.45) is 0 Å². The highest BCUT2D eigenvalue weighted by Gasteiger charge is 2.19. The molecule has 0 rings (SSSR count). The van der Waals surface area contributed by atoms with Gasteiger partial charge in [-0.15, -0.1) is 0 Å². The molecule has 75 heavy (non-hydrogen) atoms. The van der Waals surface area contributed by atoms with Gasteiger partial charge in [0.1, 0.15) is 13.2 Å². The van der Waals surface area contributed by atoms with Gasteiger partial charge in [-0.1, -0.05) is 264 Å². The highest BCUT2D eigenvalue weighted by atomic mass is 16.6. The van der Waals surface area contributed by atoms with E-state index in [0.29, 0.717) is 19.3 Å². The van der Waals surface area contributed by atoms with Crippen molar-refractivity contribution in [2.45, 2.75) is 271 Å². The summed E-state index contributed by atoms with van der Waals surface area (Å²) in [6.45, 7) is 6.37. The number of esters is 3. The first-order valence-electron chi connectivity index (χ1n) is 30.7. The summed E-state index contributed by atoms with van der Waals surface area (Å²) in [5, 5.41) is 0. The number of carbonyl (C=O) groups is 3. The number of rotatable bonds is 54. The first-order chi connectivity index (χ1) is 37.0. The zero-order valence-electron chi connectivity index (χ0n) is 48.5. The number of carbonyl (C=O) groups excluding carboxylic acids is 3. The Balaban J connectivity index is 4.33. The standard InChI is InChI=1S/C69H112O6/c1-4-7-10-13-16-19-21-23-25-27-29-31-33-34-36-37-39-41-43-45-47-50-53-56-59-62-68(71)74-65-66(64-73-67(70)61-58-55-52-49-18-15-12-9-6-3)75-69(72)63-60-57-54-51-48-46-44-42-40-38-35-32-30-28-26-24-22-20-17-14-11-8-5-2/h7-8,10-11,16-17,19-20,23-26,29-32,34,36,38,40,44,46,66H,4-6,9,12-15,18,21-22,27-28,33,35,37,39,41-43,45,47-65H2,1-3H3/b10-7-,11-8-,19-16-,20-17-,25-23-,26-24-,31-29-,32-30-,36-34-,40-38-,46-44-. The van der Waals surface area contributed by atoms with Crippen LogP contribution in [0.5, 0.6) is 0 Å². The van der Waals surface area contributed by atoms with E-state index in [4.69, 9.17) is 14.2 Å². The molecule has 0 aromatic rings. The topological polar surface area (TPSA) is 78.9 Å². The highest BCUT2D eigenvalue weighted by molar-refractivity contribution is 5.71. The summed E-state index contributed by atoms with van der Waals surface area (Å²) in [6, 6.07) is 0. The number of hydrogen-bond acceptors (Lipinski definition) is 6. The summed E-state index contributed by atoms with van der Waals surface area (Å²) in [5.41, 5.74) is 0. The molecule has 0 aliphatic carbocycles. The minimum absolute atomic E-state index is 0.0926. The lowest BCUT2D eigenvalue weighted by molar-refractivity contribution is -0.167. The van der Waals surface area contributed by atoms with Crippen molar-refractivity contribution in [2.75, 3.05) is 13.2 Å². The summed E-state index contributed by atoms with van der Waals surface area (Å²) < 4.78 is 16.8. The lowest BCUT2D eigenvalue weighted by Crippen LogP contribution is -2.30. The lowest BCUT2D eigenvalue weighted by Gasteiger charge is -2.18. The van der Waals surface area contributed by atoms with Gasteiger partial charge in [-0.05, 0) is 116 Å². The third-order valence-electron chi connectivity index (χ3n) is 12.7. The summed E-state index contributed by atoms with van der Waals surface area (Å²) in [7, 11) is 0. The fourth-order valence-corrected chi connectivity index (χ4v) is 8.12. The third-order valence-corrected chi connectivity index (χ3v) is 12.7. The van der Waals surface area contributed by atoms with Crippen LogP contribution in [-0.2, 0) is 28.6 Å². The van der Waals surface area contributed by atoms with Crippen molar-refractivity contribution in [3.8, 4) is 0 Å². The second-order valence-corrected chi connectivity index (χ2v) is 19.9. The van der Waals surface area contributed by atoms with Gasteiger partial charge in [0.25, 0.3) is 0 Å². The number of allylic oxidation sites excluding steroid dienone is 22. The molecule has 0 saturated heterocycles. The van der Waals surface area contributed by atoms with E-state index >= 15 is 0 Å². The second-order valence-electron chi connectivity index (χ2n) is 19.9. The maximum atomic E-state index is 12.9. The van der Waals surface area contributed by atoms with Gasteiger partial charge in [0.05, 0.1) is 0 Å². The molecule has 6 nitrogen and oxygen atoms in total. The average molecular weight is 1040 g/mol. The van der Waals surface area contributed by atoms with E-state index in [1.54, 1.807) is 0 Å². The maximum absolute atomic E-state index is 12.9. The molecule has 0 aliphatic heterocycles. The molecule has 0 aromatic carbocycles. The molecule has 0 aromatic heterocycles. The number of unbranched alkanes of at least 4 members (excludes halogenated alkanes) is 21. The molecule has 424 valence electrons.